The summed E-state index contributed by atoms with van der Waals surface area (Å²) in [7, 11) is -4.99. The molecule has 2 aromatic rings. The van der Waals surface area contributed by atoms with Crippen molar-refractivity contribution < 1.29 is 23.6 Å². The van der Waals surface area contributed by atoms with Gasteiger partial charge in [0.2, 0.25) is 5.95 Å². The number of nitrogens with two attached hydrogens (primary N) is 1. The summed E-state index contributed by atoms with van der Waals surface area (Å²) in [6.07, 6.45) is 1.32. The van der Waals surface area contributed by atoms with Crippen LogP contribution in [-0.2, 0) is 20.6 Å². The molecule has 11 nitrogen and oxygen atoms in total. The summed E-state index contributed by atoms with van der Waals surface area (Å²) in [5.74, 6) is -0.0637. The van der Waals surface area contributed by atoms with Gasteiger partial charge in [-0.2, -0.15) is 4.98 Å². The van der Waals surface area contributed by atoms with Gasteiger partial charge in [-0.25, -0.2) is 4.98 Å². The normalized spacial score (nSPS) is 12.1. The van der Waals surface area contributed by atoms with Crippen molar-refractivity contribution in [3.8, 4) is 0 Å². The molecular weight excluding hydrogens is 293 g/mol. The highest BCUT2D eigenvalue weighted by molar-refractivity contribution is 7.43. The Labute approximate surface area is 111 Å². The van der Waals surface area contributed by atoms with E-state index in [1.54, 1.807) is 0 Å². The fourth-order valence-corrected chi connectivity index (χ4v) is 1.73. The maximum absolute atomic E-state index is 11.5. The quantitative estimate of drug-likeness (QED) is 0.433. The highest BCUT2D eigenvalue weighted by Gasteiger charge is 2.08. The van der Waals surface area contributed by atoms with Crippen molar-refractivity contribution in [2.75, 3.05) is 18.9 Å². The number of phosphoric acid groups is 1. The van der Waals surface area contributed by atoms with Gasteiger partial charge in [0.05, 0.1) is 27.4 Å². The van der Waals surface area contributed by atoms with Crippen molar-refractivity contribution in [2.24, 2.45) is 0 Å². The number of hydrogen-bond donors (Lipinski definition) is 2. The summed E-state index contributed by atoms with van der Waals surface area (Å²) >= 11 is 0. The molecule has 20 heavy (non-hydrogen) atoms. The standard InChI is InChI=1S/C8H12N5O6P/c9-8-11-6-5(7(14)12-8)10-3-13(6)4-18-1-2-19-20(15,16)17/h3H,1-2,4H2,(H2,15,16,17)(H3,9,11,12,14)/p-2. The number of phosphoric ester groups is 1. The molecular formula is C8H10N5O6P-2. The Balaban J connectivity index is 1.97. The molecule has 2 rings (SSSR count). The minimum atomic E-state index is -4.99. The van der Waals surface area contributed by atoms with E-state index >= 15 is 0 Å². The van der Waals surface area contributed by atoms with E-state index < -0.39 is 20.0 Å². The molecule has 0 atom stereocenters. The molecule has 0 aliphatic carbocycles. The lowest BCUT2D eigenvalue weighted by molar-refractivity contribution is -0.342. The van der Waals surface area contributed by atoms with Crippen LogP contribution in [0.4, 0.5) is 5.95 Å². The minimum Gasteiger partial charge on any atom is -0.790 e. The van der Waals surface area contributed by atoms with E-state index in [9.17, 15) is 19.1 Å². The smallest absolute Gasteiger partial charge is 0.280 e. The van der Waals surface area contributed by atoms with Crippen molar-refractivity contribution in [1.29, 1.82) is 0 Å². The van der Waals surface area contributed by atoms with E-state index in [1.165, 1.54) is 10.9 Å². The Morgan fingerprint density at radius 2 is 2.20 bits per heavy atom. The first-order valence-electron chi connectivity index (χ1n) is 5.32. The number of imidazole rings is 1. The van der Waals surface area contributed by atoms with Crippen LogP contribution in [0, 0.1) is 0 Å². The van der Waals surface area contributed by atoms with Gasteiger partial charge in [0.1, 0.15) is 6.73 Å². The van der Waals surface area contributed by atoms with Crippen LogP contribution in [0.25, 0.3) is 11.2 Å². The van der Waals surface area contributed by atoms with Crippen LogP contribution in [0.5, 0.6) is 0 Å². The predicted molar refractivity (Wildman–Crippen MR) is 62.1 cm³/mol. The van der Waals surface area contributed by atoms with Gasteiger partial charge in [-0.15, -0.1) is 0 Å². The summed E-state index contributed by atoms with van der Waals surface area (Å²) in [6, 6.07) is 0. The fraction of sp³-hybridized carbons (Fsp3) is 0.375. The summed E-state index contributed by atoms with van der Waals surface area (Å²) in [4.78, 5) is 41.9. The second-order valence-electron chi connectivity index (χ2n) is 3.66. The van der Waals surface area contributed by atoms with E-state index in [1.807, 2.05) is 0 Å². The zero-order chi connectivity index (χ0) is 14.8. The maximum atomic E-state index is 11.5. The third kappa shape index (κ3) is 3.62. The second-order valence-corrected chi connectivity index (χ2v) is 4.81. The molecule has 2 aromatic heterocycles. The van der Waals surface area contributed by atoms with Crippen LogP contribution >= 0.6 is 7.82 Å². The number of nitrogen functional groups attached to an aromatic ring is 1. The number of H-pyrrole nitrogens is 1. The number of aromatic nitrogens is 4. The molecule has 3 N–H and O–H groups in total. The average Bonchev–Trinajstić information content (AvgIpc) is 2.70. The zero-order valence-corrected chi connectivity index (χ0v) is 10.9. The lowest BCUT2D eigenvalue weighted by Crippen LogP contribution is -2.18. The third-order valence-electron chi connectivity index (χ3n) is 2.20. The summed E-state index contributed by atoms with van der Waals surface area (Å²) in [5.41, 5.74) is 5.26. The van der Waals surface area contributed by atoms with Crippen LogP contribution in [0.1, 0.15) is 0 Å². The number of nitrogens with one attached hydrogen (secondary N) is 1. The van der Waals surface area contributed by atoms with Crippen molar-refractivity contribution >= 4 is 24.9 Å². The van der Waals surface area contributed by atoms with Crippen LogP contribution in [-0.4, -0.2) is 32.7 Å². The number of fused-ring (bicyclic) bond motifs is 1. The molecule has 0 aliphatic rings. The Kier molecular flexibility index (Phi) is 4.16. The Morgan fingerprint density at radius 3 is 2.90 bits per heavy atom. The Bertz CT molecular complexity index is 705. The predicted octanol–water partition coefficient (Wildman–Crippen LogP) is -2.48. The van der Waals surface area contributed by atoms with Crippen LogP contribution in [0.15, 0.2) is 11.1 Å². The van der Waals surface area contributed by atoms with Gasteiger partial charge in [-0.05, 0) is 0 Å². The van der Waals surface area contributed by atoms with Crippen molar-refractivity contribution in [2.45, 2.75) is 6.73 Å². The zero-order valence-electron chi connectivity index (χ0n) is 10.0. The first-order chi connectivity index (χ1) is 9.37. The molecule has 2 heterocycles. The number of anilines is 1. The average molecular weight is 303 g/mol. The number of rotatable bonds is 6. The van der Waals surface area contributed by atoms with E-state index in [2.05, 4.69) is 19.5 Å². The van der Waals surface area contributed by atoms with Crippen LogP contribution < -0.4 is 21.1 Å². The topological polar surface area (TPSA) is 171 Å². The van der Waals surface area contributed by atoms with Crippen molar-refractivity contribution in [1.82, 2.24) is 19.5 Å². The van der Waals surface area contributed by atoms with Crippen LogP contribution in [0.3, 0.4) is 0 Å². The van der Waals surface area contributed by atoms with Gasteiger partial charge in [0.15, 0.2) is 11.2 Å². The summed E-state index contributed by atoms with van der Waals surface area (Å²) in [5, 5.41) is 0. The molecule has 0 bridgehead atoms. The first-order valence-corrected chi connectivity index (χ1v) is 6.78. The largest absolute Gasteiger partial charge is 0.790 e. The molecule has 0 saturated heterocycles. The lowest BCUT2D eigenvalue weighted by atomic mass is 10.5. The van der Waals surface area contributed by atoms with E-state index in [0.717, 1.165) is 0 Å². The van der Waals surface area contributed by atoms with Crippen molar-refractivity contribution in [3.05, 3.63) is 16.7 Å². The molecule has 0 aliphatic heterocycles. The van der Waals surface area contributed by atoms with E-state index in [-0.39, 0.29) is 30.4 Å². The number of ether oxygens (including phenoxy) is 1. The second kappa shape index (κ2) is 5.69. The molecule has 0 unspecified atom stereocenters. The van der Waals surface area contributed by atoms with E-state index in [0.29, 0.717) is 0 Å². The van der Waals surface area contributed by atoms with E-state index in [4.69, 9.17) is 10.5 Å². The maximum Gasteiger partial charge on any atom is 0.280 e. The van der Waals surface area contributed by atoms with Gasteiger partial charge in [0.25, 0.3) is 5.56 Å². The van der Waals surface area contributed by atoms with Gasteiger partial charge in [0, 0.05) is 0 Å². The molecule has 0 saturated carbocycles. The number of hydrogen-bond acceptors (Lipinski definition) is 9. The summed E-state index contributed by atoms with van der Waals surface area (Å²) < 4.78 is 20.6. The fourth-order valence-electron chi connectivity index (χ4n) is 1.44. The Morgan fingerprint density at radius 1 is 1.45 bits per heavy atom. The lowest BCUT2D eigenvalue weighted by Gasteiger charge is -2.28. The highest BCUT2D eigenvalue weighted by Crippen LogP contribution is 2.23. The molecule has 12 heteroatoms. The monoisotopic (exact) mass is 303 g/mol. The minimum absolute atomic E-state index is 0.0578. The number of nitrogens with zero attached hydrogens (tertiary/aromatic N) is 3. The Hall–Kier alpha value is -1.78. The van der Waals surface area contributed by atoms with Gasteiger partial charge < -0.3 is 29.3 Å². The molecule has 0 spiro atoms. The SMILES string of the molecule is Nc1nc2c(ncn2COCCOP(=O)([O-])[O-])c(=O)[nH]1. The number of aromatic amines is 1. The van der Waals surface area contributed by atoms with Crippen LogP contribution in [0.2, 0.25) is 0 Å². The third-order valence-corrected chi connectivity index (χ3v) is 2.70. The van der Waals surface area contributed by atoms with Gasteiger partial charge in [-0.3, -0.25) is 14.3 Å². The molecule has 110 valence electrons. The molecule has 0 radical (unpaired) electrons. The van der Waals surface area contributed by atoms with Gasteiger partial charge >= 0.3 is 0 Å². The summed E-state index contributed by atoms with van der Waals surface area (Å²) in [6.45, 7) is -0.586. The van der Waals surface area contributed by atoms with Gasteiger partial charge in [-0.1, -0.05) is 0 Å². The highest BCUT2D eigenvalue weighted by atomic mass is 31.2. The molecule has 0 amide bonds. The first kappa shape index (κ1) is 14.6. The van der Waals surface area contributed by atoms with Crippen molar-refractivity contribution in [3.63, 3.8) is 0 Å². The molecule has 0 aromatic carbocycles. The molecule has 0 fully saturated rings.